The highest BCUT2D eigenvalue weighted by molar-refractivity contribution is 6.30. The molecule has 16 heavy (non-hydrogen) atoms. The first-order valence-corrected chi connectivity index (χ1v) is 6.16. The minimum Gasteiger partial charge on any atom is -0.493 e. The standard InChI is InChI=1S/C13H17ClO2/c14-12-4-6-13(7-5-12)16-9-11(8-15)10-2-1-3-10/h4-7,10-11,15H,1-3,8-9H2. The molecule has 0 bridgehead atoms. The van der Waals surface area contributed by atoms with Crippen LogP contribution in [-0.2, 0) is 0 Å². The van der Waals surface area contributed by atoms with Crippen molar-refractivity contribution in [3.05, 3.63) is 29.3 Å². The molecule has 1 aromatic rings. The van der Waals surface area contributed by atoms with Crippen molar-refractivity contribution in [1.29, 1.82) is 0 Å². The van der Waals surface area contributed by atoms with E-state index in [0.29, 0.717) is 17.5 Å². The summed E-state index contributed by atoms with van der Waals surface area (Å²) in [5.74, 6) is 1.75. The molecule has 0 saturated heterocycles. The Bertz CT molecular complexity index is 319. The Balaban J connectivity index is 1.83. The Morgan fingerprint density at radius 3 is 2.50 bits per heavy atom. The highest BCUT2D eigenvalue weighted by Gasteiger charge is 2.27. The lowest BCUT2D eigenvalue weighted by atomic mass is 9.76. The van der Waals surface area contributed by atoms with Crippen LogP contribution in [0.15, 0.2) is 24.3 Å². The van der Waals surface area contributed by atoms with Gasteiger partial charge in [-0.05, 0) is 43.0 Å². The lowest BCUT2D eigenvalue weighted by Crippen LogP contribution is -2.29. The van der Waals surface area contributed by atoms with Crippen LogP contribution in [0.1, 0.15) is 19.3 Å². The maximum absolute atomic E-state index is 9.28. The number of aliphatic hydroxyl groups is 1. The molecular weight excluding hydrogens is 224 g/mol. The van der Waals surface area contributed by atoms with E-state index in [1.54, 1.807) is 0 Å². The summed E-state index contributed by atoms with van der Waals surface area (Å²) in [7, 11) is 0. The van der Waals surface area contributed by atoms with Gasteiger partial charge < -0.3 is 9.84 Å². The van der Waals surface area contributed by atoms with Crippen molar-refractivity contribution >= 4 is 11.6 Å². The van der Waals surface area contributed by atoms with Crippen LogP contribution in [-0.4, -0.2) is 18.3 Å². The fourth-order valence-electron chi connectivity index (χ4n) is 1.98. The molecule has 0 heterocycles. The molecule has 1 unspecified atom stereocenters. The molecule has 1 saturated carbocycles. The summed E-state index contributed by atoms with van der Waals surface area (Å²) in [6, 6.07) is 7.34. The average molecular weight is 241 g/mol. The zero-order valence-electron chi connectivity index (χ0n) is 9.23. The molecular formula is C13H17ClO2. The molecule has 1 aliphatic rings. The quantitative estimate of drug-likeness (QED) is 0.857. The van der Waals surface area contributed by atoms with E-state index in [-0.39, 0.29) is 12.5 Å². The summed E-state index contributed by atoms with van der Waals surface area (Å²) in [4.78, 5) is 0. The highest BCUT2D eigenvalue weighted by Crippen LogP contribution is 2.33. The number of rotatable bonds is 5. The molecule has 1 N–H and O–H groups in total. The third-order valence-corrected chi connectivity index (χ3v) is 3.58. The van der Waals surface area contributed by atoms with E-state index >= 15 is 0 Å². The molecule has 3 heteroatoms. The predicted molar refractivity (Wildman–Crippen MR) is 64.9 cm³/mol. The van der Waals surface area contributed by atoms with Gasteiger partial charge in [0.1, 0.15) is 5.75 Å². The fourth-order valence-corrected chi connectivity index (χ4v) is 2.11. The molecule has 1 fully saturated rings. The summed E-state index contributed by atoms with van der Waals surface area (Å²) in [6.07, 6.45) is 3.76. The number of hydrogen-bond acceptors (Lipinski definition) is 2. The Labute approximate surface area is 101 Å². The number of benzene rings is 1. The predicted octanol–water partition coefficient (Wildman–Crippen LogP) is 3.13. The fraction of sp³-hybridized carbons (Fsp3) is 0.538. The van der Waals surface area contributed by atoms with E-state index < -0.39 is 0 Å². The Kier molecular flexibility index (Phi) is 4.08. The van der Waals surface area contributed by atoms with Gasteiger partial charge in [0.2, 0.25) is 0 Å². The minimum absolute atomic E-state index is 0.220. The van der Waals surface area contributed by atoms with Crippen molar-refractivity contribution < 1.29 is 9.84 Å². The van der Waals surface area contributed by atoms with Gasteiger partial charge in [-0.3, -0.25) is 0 Å². The average Bonchev–Trinajstić information content (AvgIpc) is 2.23. The van der Waals surface area contributed by atoms with Gasteiger partial charge in [0, 0.05) is 17.5 Å². The minimum atomic E-state index is 0.220. The third kappa shape index (κ3) is 2.89. The molecule has 0 aromatic heterocycles. The first kappa shape index (κ1) is 11.7. The van der Waals surface area contributed by atoms with E-state index in [9.17, 15) is 5.11 Å². The molecule has 0 aliphatic heterocycles. The van der Waals surface area contributed by atoms with Crippen LogP contribution in [0.5, 0.6) is 5.75 Å². The van der Waals surface area contributed by atoms with Gasteiger partial charge in [0.25, 0.3) is 0 Å². The zero-order chi connectivity index (χ0) is 11.4. The van der Waals surface area contributed by atoms with Crippen molar-refractivity contribution in [3.63, 3.8) is 0 Å². The summed E-state index contributed by atoms with van der Waals surface area (Å²) < 4.78 is 5.65. The van der Waals surface area contributed by atoms with Crippen LogP contribution < -0.4 is 4.74 Å². The Morgan fingerprint density at radius 2 is 2.00 bits per heavy atom. The molecule has 88 valence electrons. The van der Waals surface area contributed by atoms with Gasteiger partial charge in [0.15, 0.2) is 0 Å². The molecule has 1 atom stereocenters. The van der Waals surface area contributed by atoms with Crippen LogP contribution in [0.4, 0.5) is 0 Å². The topological polar surface area (TPSA) is 29.5 Å². The number of hydrogen-bond donors (Lipinski definition) is 1. The van der Waals surface area contributed by atoms with Crippen molar-refractivity contribution in [3.8, 4) is 5.75 Å². The van der Waals surface area contributed by atoms with Crippen molar-refractivity contribution in [2.24, 2.45) is 11.8 Å². The van der Waals surface area contributed by atoms with Crippen molar-refractivity contribution in [2.75, 3.05) is 13.2 Å². The maximum Gasteiger partial charge on any atom is 0.119 e. The molecule has 0 amide bonds. The monoisotopic (exact) mass is 240 g/mol. The normalized spacial score (nSPS) is 17.9. The van der Waals surface area contributed by atoms with E-state index in [2.05, 4.69) is 0 Å². The van der Waals surface area contributed by atoms with Crippen LogP contribution in [0, 0.1) is 11.8 Å². The second-order valence-electron chi connectivity index (χ2n) is 4.40. The van der Waals surface area contributed by atoms with Gasteiger partial charge in [-0.2, -0.15) is 0 Å². The third-order valence-electron chi connectivity index (χ3n) is 3.33. The Morgan fingerprint density at radius 1 is 1.31 bits per heavy atom. The van der Waals surface area contributed by atoms with E-state index in [1.807, 2.05) is 24.3 Å². The number of halogens is 1. The van der Waals surface area contributed by atoms with Gasteiger partial charge in [-0.1, -0.05) is 18.0 Å². The molecule has 0 radical (unpaired) electrons. The second kappa shape index (κ2) is 5.55. The lowest BCUT2D eigenvalue weighted by molar-refractivity contribution is 0.0796. The zero-order valence-corrected chi connectivity index (χ0v) is 9.99. The maximum atomic E-state index is 9.28. The van der Waals surface area contributed by atoms with Gasteiger partial charge in [-0.25, -0.2) is 0 Å². The second-order valence-corrected chi connectivity index (χ2v) is 4.83. The summed E-state index contributed by atoms with van der Waals surface area (Å²) in [6.45, 7) is 0.820. The number of ether oxygens (including phenoxy) is 1. The van der Waals surface area contributed by atoms with Crippen LogP contribution in [0.2, 0.25) is 5.02 Å². The van der Waals surface area contributed by atoms with Gasteiger partial charge >= 0.3 is 0 Å². The largest absolute Gasteiger partial charge is 0.493 e. The smallest absolute Gasteiger partial charge is 0.119 e. The molecule has 1 aromatic carbocycles. The van der Waals surface area contributed by atoms with Gasteiger partial charge in [-0.15, -0.1) is 0 Å². The Hall–Kier alpha value is -0.730. The van der Waals surface area contributed by atoms with E-state index in [4.69, 9.17) is 16.3 Å². The van der Waals surface area contributed by atoms with E-state index in [1.165, 1.54) is 19.3 Å². The van der Waals surface area contributed by atoms with Crippen LogP contribution >= 0.6 is 11.6 Å². The van der Waals surface area contributed by atoms with Crippen LogP contribution in [0.25, 0.3) is 0 Å². The molecule has 2 nitrogen and oxygen atoms in total. The number of aliphatic hydroxyl groups excluding tert-OH is 1. The first-order valence-electron chi connectivity index (χ1n) is 5.79. The highest BCUT2D eigenvalue weighted by atomic mass is 35.5. The van der Waals surface area contributed by atoms with E-state index in [0.717, 1.165) is 5.75 Å². The summed E-state index contributed by atoms with van der Waals surface area (Å²) in [5.41, 5.74) is 0. The molecule has 1 aliphatic carbocycles. The lowest BCUT2D eigenvalue weighted by Gasteiger charge is -2.32. The summed E-state index contributed by atoms with van der Waals surface area (Å²) >= 11 is 5.79. The molecule has 0 spiro atoms. The van der Waals surface area contributed by atoms with Crippen molar-refractivity contribution in [1.82, 2.24) is 0 Å². The van der Waals surface area contributed by atoms with Crippen molar-refractivity contribution in [2.45, 2.75) is 19.3 Å². The van der Waals surface area contributed by atoms with Crippen LogP contribution in [0.3, 0.4) is 0 Å². The SMILES string of the molecule is OCC(COc1ccc(Cl)cc1)C1CCC1. The summed E-state index contributed by atoms with van der Waals surface area (Å²) in [5, 5.41) is 10.00. The molecule has 2 rings (SSSR count). The van der Waals surface area contributed by atoms with Gasteiger partial charge in [0.05, 0.1) is 6.61 Å². The first-order chi connectivity index (χ1) is 7.79.